The summed E-state index contributed by atoms with van der Waals surface area (Å²) in [4.78, 5) is 0. The van der Waals surface area contributed by atoms with Crippen LogP contribution >= 0.6 is 0 Å². The largest absolute Gasteiger partial charge is 0.497 e. The van der Waals surface area contributed by atoms with E-state index in [-0.39, 0.29) is 0 Å². The molecule has 0 bridgehead atoms. The van der Waals surface area contributed by atoms with Gasteiger partial charge >= 0.3 is 0 Å². The molecule has 1 atom stereocenters. The van der Waals surface area contributed by atoms with Crippen LogP contribution in [0.2, 0.25) is 0 Å². The first-order valence-electron chi connectivity index (χ1n) is 5.67. The van der Waals surface area contributed by atoms with Crippen LogP contribution in [-0.2, 0) is 0 Å². The van der Waals surface area contributed by atoms with Gasteiger partial charge in [0.1, 0.15) is 11.5 Å². The van der Waals surface area contributed by atoms with Crippen LogP contribution in [0.4, 0.5) is 0 Å². The fourth-order valence-corrected chi connectivity index (χ4v) is 1.45. The Morgan fingerprint density at radius 2 is 2.18 bits per heavy atom. The molecule has 94 valence electrons. The van der Waals surface area contributed by atoms with Gasteiger partial charge in [-0.1, -0.05) is 5.57 Å². The van der Waals surface area contributed by atoms with Gasteiger partial charge in [-0.3, -0.25) is 0 Å². The third-order valence-corrected chi connectivity index (χ3v) is 2.46. The van der Waals surface area contributed by atoms with Crippen LogP contribution in [0.3, 0.4) is 0 Å². The molecule has 0 radical (unpaired) electrons. The van der Waals surface area contributed by atoms with Crippen molar-refractivity contribution in [1.29, 1.82) is 0 Å². The maximum absolute atomic E-state index is 9.64. The zero-order valence-corrected chi connectivity index (χ0v) is 10.7. The highest BCUT2D eigenvalue weighted by molar-refractivity contribution is 5.41. The second-order valence-corrected chi connectivity index (χ2v) is 4.14. The number of rotatable bonds is 6. The number of aliphatic hydroxyl groups is 1. The first-order chi connectivity index (χ1) is 8.04. The van der Waals surface area contributed by atoms with Crippen molar-refractivity contribution < 1.29 is 14.6 Å². The predicted octanol–water partition coefficient (Wildman–Crippen LogP) is 3.09. The van der Waals surface area contributed by atoms with Gasteiger partial charge in [0, 0.05) is 18.1 Å². The zero-order chi connectivity index (χ0) is 12.8. The minimum Gasteiger partial charge on any atom is -0.497 e. The third kappa shape index (κ3) is 4.11. The standard InChI is InChI=1S/C14H20O3/c1-10(2)7-8-17-14-9-12(16-4)5-6-13(14)11(3)15/h5-6,9,11,15H,1,7-8H2,2-4H3. The third-order valence-electron chi connectivity index (χ3n) is 2.46. The number of aliphatic hydroxyl groups excluding tert-OH is 1. The van der Waals surface area contributed by atoms with Crippen molar-refractivity contribution >= 4 is 0 Å². The monoisotopic (exact) mass is 236 g/mol. The summed E-state index contributed by atoms with van der Waals surface area (Å²) in [5, 5.41) is 9.64. The van der Waals surface area contributed by atoms with E-state index in [1.54, 1.807) is 20.1 Å². The van der Waals surface area contributed by atoms with E-state index in [1.807, 2.05) is 19.1 Å². The van der Waals surface area contributed by atoms with E-state index in [0.29, 0.717) is 12.4 Å². The van der Waals surface area contributed by atoms with Crippen molar-refractivity contribution in [3.63, 3.8) is 0 Å². The fourth-order valence-electron chi connectivity index (χ4n) is 1.45. The molecular formula is C14H20O3. The summed E-state index contributed by atoms with van der Waals surface area (Å²) >= 11 is 0. The Kier molecular flexibility index (Phi) is 5.04. The SMILES string of the molecule is C=C(C)CCOc1cc(OC)ccc1C(C)O. The maximum Gasteiger partial charge on any atom is 0.128 e. The highest BCUT2D eigenvalue weighted by atomic mass is 16.5. The van der Waals surface area contributed by atoms with Crippen LogP contribution in [-0.4, -0.2) is 18.8 Å². The summed E-state index contributed by atoms with van der Waals surface area (Å²) < 4.78 is 10.8. The summed E-state index contributed by atoms with van der Waals surface area (Å²) in [5.41, 5.74) is 1.85. The van der Waals surface area contributed by atoms with E-state index in [4.69, 9.17) is 9.47 Å². The van der Waals surface area contributed by atoms with Gasteiger partial charge < -0.3 is 14.6 Å². The Morgan fingerprint density at radius 1 is 1.47 bits per heavy atom. The number of methoxy groups -OCH3 is 1. The lowest BCUT2D eigenvalue weighted by Gasteiger charge is -2.14. The van der Waals surface area contributed by atoms with Crippen LogP contribution in [0.15, 0.2) is 30.4 Å². The van der Waals surface area contributed by atoms with E-state index in [9.17, 15) is 5.11 Å². The van der Waals surface area contributed by atoms with Crippen molar-refractivity contribution in [2.24, 2.45) is 0 Å². The van der Waals surface area contributed by atoms with Crippen LogP contribution in [0.25, 0.3) is 0 Å². The number of hydrogen-bond acceptors (Lipinski definition) is 3. The first kappa shape index (κ1) is 13.6. The van der Waals surface area contributed by atoms with Gasteiger partial charge in [-0.2, -0.15) is 0 Å². The van der Waals surface area contributed by atoms with Crippen LogP contribution < -0.4 is 9.47 Å². The molecule has 1 rings (SSSR count). The molecule has 17 heavy (non-hydrogen) atoms. The summed E-state index contributed by atoms with van der Waals surface area (Å²) in [6.45, 7) is 8.06. The normalized spacial score (nSPS) is 12.0. The second kappa shape index (κ2) is 6.30. The van der Waals surface area contributed by atoms with Crippen molar-refractivity contribution in [2.45, 2.75) is 26.4 Å². The molecule has 0 fully saturated rings. The van der Waals surface area contributed by atoms with Crippen molar-refractivity contribution in [2.75, 3.05) is 13.7 Å². The van der Waals surface area contributed by atoms with Crippen LogP contribution in [0.1, 0.15) is 31.9 Å². The molecule has 0 aliphatic carbocycles. The van der Waals surface area contributed by atoms with E-state index in [1.165, 1.54) is 0 Å². The summed E-state index contributed by atoms with van der Waals surface area (Å²) in [5.74, 6) is 1.39. The Bertz CT molecular complexity index is 383. The molecule has 0 saturated carbocycles. The average Bonchev–Trinajstić information content (AvgIpc) is 2.28. The van der Waals surface area contributed by atoms with E-state index < -0.39 is 6.10 Å². The number of benzene rings is 1. The molecule has 3 nitrogen and oxygen atoms in total. The van der Waals surface area contributed by atoms with E-state index in [0.717, 1.165) is 23.3 Å². The molecule has 0 amide bonds. The lowest BCUT2D eigenvalue weighted by atomic mass is 10.1. The van der Waals surface area contributed by atoms with E-state index >= 15 is 0 Å². The Morgan fingerprint density at radius 3 is 2.71 bits per heavy atom. The molecule has 1 unspecified atom stereocenters. The van der Waals surface area contributed by atoms with E-state index in [2.05, 4.69) is 6.58 Å². The Balaban J connectivity index is 2.81. The molecule has 0 saturated heterocycles. The molecule has 0 aliphatic rings. The summed E-state index contributed by atoms with van der Waals surface area (Å²) in [6, 6.07) is 5.42. The minimum atomic E-state index is -0.555. The first-order valence-corrected chi connectivity index (χ1v) is 5.67. The van der Waals surface area contributed by atoms with Gasteiger partial charge in [0.2, 0.25) is 0 Å². The Labute approximate surface area is 103 Å². The second-order valence-electron chi connectivity index (χ2n) is 4.14. The molecular weight excluding hydrogens is 216 g/mol. The summed E-state index contributed by atoms with van der Waals surface area (Å²) in [7, 11) is 1.61. The molecule has 0 aliphatic heterocycles. The topological polar surface area (TPSA) is 38.7 Å². The van der Waals surface area contributed by atoms with Gasteiger partial charge in [0.05, 0.1) is 19.8 Å². The van der Waals surface area contributed by atoms with Crippen molar-refractivity contribution in [3.05, 3.63) is 35.9 Å². The summed E-state index contributed by atoms with van der Waals surface area (Å²) in [6.07, 6.45) is 0.247. The van der Waals surface area contributed by atoms with Gasteiger partial charge in [0.15, 0.2) is 0 Å². The lowest BCUT2D eigenvalue weighted by molar-refractivity contribution is 0.191. The Hall–Kier alpha value is -1.48. The van der Waals surface area contributed by atoms with Crippen LogP contribution in [0.5, 0.6) is 11.5 Å². The van der Waals surface area contributed by atoms with Crippen molar-refractivity contribution in [1.82, 2.24) is 0 Å². The molecule has 1 aromatic rings. The van der Waals surface area contributed by atoms with Gasteiger partial charge in [0.25, 0.3) is 0 Å². The maximum atomic E-state index is 9.64. The number of ether oxygens (including phenoxy) is 2. The molecule has 1 aromatic carbocycles. The molecule has 0 aromatic heterocycles. The average molecular weight is 236 g/mol. The smallest absolute Gasteiger partial charge is 0.128 e. The highest BCUT2D eigenvalue weighted by Gasteiger charge is 2.10. The van der Waals surface area contributed by atoms with Crippen molar-refractivity contribution in [3.8, 4) is 11.5 Å². The van der Waals surface area contributed by atoms with Crippen LogP contribution in [0, 0.1) is 0 Å². The molecule has 0 spiro atoms. The molecule has 1 N–H and O–H groups in total. The van der Waals surface area contributed by atoms with Gasteiger partial charge in [-0.25, -0.2) is 0 Å². The van der Waals surface area contributed by atoms with Gasteiger partial charge in [-0.05, 0) is 26.0 Å². The fraction of sp³-hybridized carbons (Fsp3) is 0.429. The highest BCUT2D eigenvalue weighted by Crippen LogP contribution is 2.29. The minimum absolute atomic E-state index is 0.555. The predicted molar refractivity (Wildman–Crippen MR) is 68.6 cm³/mol. The lowest BCUT2D eigenvalue weighted by Crippen LogP contribution is -2.03. The molecule has 0 heterocycles. The quantitative estimate of drug-likeness (QED) is 0.771. The number of hydrogen-bond donors (Lipinski definition) is 1. The molecule has 3 heteroatoms. The van der Waals surface area contributed by atoms with Gasteiger partial charge in [-0.15, -0.1) is 6.58 Å². The zero-order valence-electron chi connectivity index (χ0n) is 10.7.